The normalized spacial score (nSPS) is 26.7. The van der Waals surface area contributed by atoms with Gasteiger partial charge in [-0.2, -0.15) is 0 Å². The monoisotopic (exact) mass is 288 g/mol. The van der Waals surface area contributed by atoms with Crippen LogP contribution in [0.15, 0.2) is 0 Å². The van der Waals surface area contributed by atoms with Gasteiger partial charge in [0.25, 0.3) is 0 Å². The van der Waals surface area contributed by atoms with Crippen molar-refractivity contribution in [1.82, 2.24) is 9.21 Å². The number of rotatable bonds is 1. The van der Waals surface area contributed by atoms with E-state index in [1.807, 2.05) is 0 Å². The lowest BCUT2D eigenvalue weighted by Gasteiger charge is -2.49. The molecule has 2 saturated heterocycles. The molecule has 0 atom stereocenters. The lowest BCUT2D eigenvalue weighted by atomic mass is 9.71. The van der Waals surface area contributed by atoms with Gasteiger partial charge in [-0.3, -0.25) is 4.90 Å². The molecule has 2 aliphatic heterocycles. The average Bonchev–Trinajstić information content (AvgIpc) is 2.27. The molecule has 0 unspecified atom stereocenters. The van der Waals surface area contributed by atoms with Crippen LogP contribution in [0.1, 0.15) is 46.5 Å². The van der Waals surface area contributed by atoms with Crippen LogP contribution >= 0.6 is 0 Å². The van der Waals surface area contributed by atoms with Crippen LogP contribution < -0.4 is 0 Å². The van der Waals surface area contributed by atoms with Crippen molar-refractivity contribution in [1.29, 1.82) is 0 Å². The summed E-state index contributed by atoms with van der Waals surface area (Å²) in [5, 5.41) is 0. The smallest absolute Gasteiger partial charge is 0.211 e. The molecule has 0 N–H and O–H groups in total. The fourth-order valence-electron chi connectivity index (χ4n) is 3.44. The number of sulfonamides is 1. The fourth-order valence-corrected chi connectivity index (χ4v) is 4.29. The minimum atomic E-state index is -2.99. The second-order valence-electron chi connectivity index (χ2n) is 7.32. The van der Waals surface area contributed by atoms with E-state index in [4.69, 9.17) is 0 Å². The predicted octanol–water partition coefficient (Wildman–Crippen LogP) is 1.92. The maximum absolute atomic E-state index is 11.6. The van der Waals surface area contributed by atoms with Crippen LogP contribution in [-0.2, 0) is 10.0 Å². The molecule has 2 fully saturated rings. The molecule has 0 aliphatic carbocycles. The first kappa shape index (κ1) is 15.3. The van der Waals surface area contributed by atoms with Gasteiger partial charge in [-0.05, 0) is 65.0 Å². The van der Waals surface area contributed by atoms with Crippen LogP contribution in [0.2, 0.25) is 0 Å². The van der Waals surface area contributed by atoms with Crippen LogP contribution in [0, 0.1) is 5.41 Å². The van der Waals surface area contributed by atoms with Crippen molar-refractivity contribution < 1.29 is 8.42 Å². The maximum Gasteiger partial charge on any atom is 0.211 e. The molecule has 0 aromatic rings. The molecule has 0 aromatic heterocycles. The molecule has 19 heavy (non-hydrogen) atoms. The predicted molar refractivity (Wildman–Crippen MR) is 78.6 cm³/mol. The van der Waals surface area contributed by atoms with Crippen molar-refractivity contribution in [3.05, 3.63) is 0 Å². The number of hydrogen-bond donors (Lipinski definition) is 0. The molecule has 112 valence electrons. The maximum atomic E-state index is 11.6. The summed E-state index contributed by atoms with van der Waals surface area (Å²) in [4.78, 5) is 2.56. The molecular weight excluding hydrogens is 260 g/mol. The molecule has 0 amide bonds. The quantitative estimate of drug-likeness (QED) is 0.740. The average molecular weight is 288 g/mol. The third kappa shape index (κ3) is 3.50. The SMILES string of the molecule is CC(C)(C)N1CCC2(CC1)CCN(S(C)(=O)=O)CC2. The first-order chi connectivity index (χ1) is 8.62. The third-order valence-electron chi connectivity index (χ3n) is 5.02. The Balaban J connectivity index is 1.92. The highest BCUT2D eigenvalue weighted by Crippen LogP contribution is 2.42. The van der Waals surface area contributed by atoms with E-state index in [0.29, 0.717) is 18.5 Å². The Labute approximate surface area is 118 Å². The lowest BCUT2D eigenvalue weighted by Crippen LogP contribution is -2.52. The Kier molecular flexibility index (Phi) is 4.02. The highest BCUT2D eigenvalue weighted by molar-refractivity contribution is 7.88. The number of likely N-dealkylation sites (tertiary alicyclic amines) is 1. The van der Waals surface area contributed by atoms with E-state index in [2.05, 4.69) is 25.7 Å². The summed E-state index contributed by atoms with van der Waals surface area (Å²) in [7, 11) is -2.99. The number of nitrogens with zero attached hydrogens (tertiary/aromatic N) is 2. The van der Waals surface area contributed by atoms with Gasteiger partial charge in [-0.15, -0.1) is 0 Å². The molecule has 4 nitrogen and oxygen atoms in total. The van der Waals surface area contributed by atoms with Gasteiger partial charge in [0.15, 0.2) is 0 Å². The highest BCUT2D eigenvalue weighted by Gasteiger charge is 2.40. The molecule has 0 radical (unpaired) electrons. The van der Waals surface area contributed by atoms with Gasteiger partial charge in [-0.25, -0.2) is 12.7 Å². The van der Waals surface area contributed by atoms with Crippen molar-refractivity contribution >= 4 is 10.0 Å². The zero-order valence-corrected chi connectivity index (χ0v) is 13.6. The molecule has 2 aliphatic rings. The molecule has 2 heterocycles. The summed E-state index contributed by atoms with van der Waals surface area (Å²) in [6, 6.07) is 0. The van der Waals surface area contributed by atoms with E-state index in [1.165, 1.54) is 19.1 Å². The van der Waals surface area contributed by atoms with E-state index >= 15 is 0 Å². The summed E-state index contributed by atoms with van der Waals surface area (Å²) >= 11 is 0. The van der Waals surface area contributed by atoms with Crippen molar-refractivity contribution in [2.45, 2.75) is 52.0 Å². The van der Waals surface area contributed by atoms with E-state index in [0.717, 1.165) is 25.9 Å². The molecule has 5 heteroatoms. The van der Waals surface area contributed by atoms with Crippen molar-refractivity contribution in [3.8, 4) is 0 Å². The summed E-state index contributed by atoms with van der Waals surface area (Å²) in [6.07, 6.45) is 5.85. The van der Waals surface area contributed by atoms with Gasteiger partial charge in [0.05, 0.1) is 6.26 Å². The molecule has 2 rings (SSSR count). The van der Waals surface area contributed by atoms with Gasteiger partial charge in [0, 0.05) is 18.6 Å². The third-order valence-corrected chi connectivity index (χ3v) is 6.33. The summed E-state index contributed by atoms with van der Waals surface area (Å²) in [6.45, 7) is 10.6. The van der Waals surface area contributed by atoms with Crippen LogP contribution in [0.3, 0.4) is 0 Å². The van der Waals surface area contributed by atoms with Crippen molar-refractivity contribution in [2.75, 3.05) is 32.4 Å². The standard InChI is InChI=1S/C14H28N2O2S/c1-13(2,3)15-9-5-14(6-10-15)7-11-16(12-8-14)19(4,17)18/h5-12H2,1-4H3. The van der Waals surface area contributed by atoms with E-state index in [1.54, 1.807) is 4.31 Å². The highest BCUT2D eigenvalue weighted by atomic mass is 32.2. The summed E-state index contributed by atoms with van der Waals surface area (Å²) in [5.74, 6) is 0. The first-order valence-electron chi connectivity index (χ1n) is 7.33. The first-order valence-corrected chi connectivity index (χ1v) is 9.18. The minimum Gasteiger partial charge on any atom is -0.298 e. The van der Waals surface area contributed by atoms with Gasteiger partial charge in [0.2, 0.25) is 10.0 Å². The minimum absolute atomic E-state index is 0.259. The Bertz CT molecular complexity index is 407. The summed E-state index contributed by atoms with van der Waals surface area (Å²) < 4.78 is 24.8. The zero-order valence-electron chi connectivity index (χ0n) is 12.8. The van der Waals surface area contributed by atoms with Gasteiger partial charge in [-0.1, -0.05) is 0 Å². The largest absolute Gasteiger partial charge is 0.298 e. The summed E-state index contributed by atoms with van der Waals surface area (Å²) in [5.41, 5.74) is 0.665. The van der Waals surface area contributed by atoms with Crippen LogP contribution in [-0.4, -0.2) is 55.6 Å². The second kappa shape index (κ2) is 5.01. The van der Waals surface area contributed by atoms with Crippen LogP contribution in [0.5, 0.6) is 0 Å². The fraction of sp³-hybridized carbons (Fsp3) is 1.00. The molecular formula is C14H28N2O2S. The van der Waals surface area contributed by atoms with Gasteiger partial charge < -0.3 is 0 Å². The van der Waals surface area contributed by atoms with E-state index in [-0.39, 0.29) is 5.54 Å². The van der Waals surface area contributed by atoms with Crippen molar-refractivity contribution in [2.24, 2.45) is 5.41 Å². The molecule has 0 aromatic carbocycles. The number of hydrogen-bond acceptors (Lipinski definition) is 3. The number of piperidine rings is 2. The van der Waals surface area contributed by atoms with Gasteiger partial charge >= 0.3 is 0 Å². The Morgan fingerprint density at radius 1 is 0.895 bits per heavy atom. The molecule has 0 saturated carbocycles. The van der Waals surface area contributed by atoms with Crippen LogP contribution in [0.4, 0.5) is 0 Å². The lowest BCUT2D eigenvalue weighted by molar-refractivity contribution is 0.0161. The van der Waals surface area contributed by atoms with E-state index in [9.17, 15) is 8.42 Å². The zero-order chi connectivity index (χ0) is 14.3. The topological polar surface area (TPSA) is 40.6 Å². The molecule has 0 bridgehead atoms. The van der Waals surface area contributed by atoms with E-state index < -0.39 is 10.0 Å². The van der Waals surface area contributed by atoms with Crippen molar-refractivity contribution in [3.63, 3.8) is 0 Å². The Morgan fingerprint density at radius 3 is 1.68 bits per heavy atom. The van der Waals surface area contributed by atoms with Gasteiger partial charge in [0.1, 0.15) is 0 Å². The second-order valence-corrected chi connectivity index (χ2v) is 9.30. The molecule has 1 spiro atoms. The van der Waals surface area contributed by atoms with Crippen LogP contribution in [0.25, 0.3) is 0 Å². The Hall–Kier alpha value is -0.130. The Morgan fingerprint density at radius 2 is 1.32 bits per heavy atom.